The Kier molecular flexibility index (Phi) is 3.78. The second kappa shape index (κ2) is 4.88. The van der Waals surface area contributed by atoms with Gasteiger partial charge in [0.2, 0.25) is 0 Å². The highest BCUT2D eigenvalue weighted by atomic mass is 16.5. The molecule has 0 saturated carbocycles. The van der Waals surface area contributed by atoms with Gasteiger partial charge in [0.15, 0.2) is 6.61 Å². The Morgan fingerprint density at radius 3 is 3.15 bits per heavy atom. The fourth-order valence-corrected chi connectivity index (χ4v) is 1.45. The standard InChI is InChI=1S/C10H14O3/c1-3-5-13-10(11)9-4-6-12-7-8(9)2/h1,8-9H,4-7H2,2H3. The van der Waals surface area contributed by atoms with Gasteiger partial charge >= 0.3 is 5.97 Å². The van der Waals surface area contributed by atoms with Gasteiger partial charge in [-0.2, -0.15) is 0 Å². The van der Waals surface area contributed by atoms with Crippen LogP contribution in [0.4, 0.5) is 0 Å². The van der Waals surface area contributed by atoms with Crippen molar-refractivity contribution in [1.82, 2.24) is 0 Å². The van der Waals surface area contributed by atoms with Crippen LogP contribution in [-0.4, -0.2) is 25.8 Å². The molecule has 0 aromatic carbocycles. The summed E-state index contributed by atoms with van der Waals surface area (Å²) in [5.41, 5.74) is 0. The van der Waals surface area contributed by atoms with E-state index in [2.05, 4.69) is 5.92 Å². The molecule has 1 saturated heterocycles. The minimum Gasteiger partial charge on any atom is -0.452 e. The van der Waals surface area contributed by atoms with E-state index in [1.54, 1.807) is 0 Å². The maximum Gasteiger partial charge on any atom is 0.310 e. The molecule has 2 atom stereocenters. The summed E-state index contributed by atoms with van der Waals surface area (Å²) in [6.45, 7) is 3.33. The summed E-state index contributed by atoms with van der Waals surface area (Å²) in [6.07, 6.45) is 5.73. The molecule has 0 aliphatic carbocycles. The van der Waals surface area contributed by atoms with E-state index in [0.29, 0.717) is 13.2 Å². The van der Waals surface area contributed by atoms with Gasteiger partial charge in [0.05, 0.1) is 5.92 Å². The molecule has 0 amide bonds. The van der Waals surface area contributed by atoms with Crippen molar-refractivity contribution in [2.24, 2.45) is 11.8 Å². The van der Waals surface area contributed by atoms with Gasteiger partial charge in [-0.3, -0.25) is 4.79 Å². The van der Waals surface area contributed by atoms with E-state index in [9.17, 15) is 4.79 Å². The zero-order valence-electron chi connectivity index (χ0n) is 7.79. The average molecular weight is 182 g/mol. The molecule has 72 valence electrons. The van der Waals surface area contributed by atoms with Crippen LogP contribution in [0.3, 0.4) is 0 Å². The van der Waals surface area contributed by atoms with E-state index < -0.39 is 0 Å². The van der Waals surface area contributed by atoms with Crippen molar-refractivity contribution >= 4 is 5.97 Å². The van der Waals surface area contributed by atoms with E-state index in [1.165, 1.54) is 0 Å². The molecule has 0 radical (unpaired) electrons. The summed E-state index contributed by atoms with van der Waals surface area (Å²) in [5, 5.41) is 0. The summed E-state index contributed by atoms with van der Waals surface area (Å²) in [6, 6.07) is 0. The lowest BCUT2D eigenvalue weighted by atomic mass is 9.90. The minimum atomic E-state index is -0.186. The monoisotopic (exact) mass is 182 g/mol. The van der Waals surface area contributed by atoms with Crippen molar-refractivity contribution in [3.05, 3.63) is 0 Å². The Balaban J connectivity index is 2.40. The Morgan fingerprint density at radius 1 is 1.77 bits per heavy atom. The first-order valence-corrected chi connectivity index (χ1v) is 4.43. The predicted molar refractivity (Wildman–Crippen MR) is 47.9 cm³/mol. The molecule has 1 fully saturated rings. The van der Waals surface area contributed by atoms with Crippen molar-refractivity contribution in [2.45, 2.75) is 13.3 Å². The van der Waals surface area contributed by atoms with Gasteiger partial charge in [0, 0.05) is 13.2 Å². The molecule has 1 aliphatic heterocycles. The fourth-order valence-electron chi connectivity index (χ4n) is 1.45. The van der Waals surface area contributed by atoms with Gasteiger partial charge in [-0.05, 0) is 12.3 Å². The molecule has 1 aliphatic rings. The number of rotatable bonds is 2. The molecule has 0 bridgehead atoms. The molecular weight excluding hydrogens is 168 g/mol. The Labute approximate surface area is 78.4 Å². The molecule has 0 aromatic rings. The van der Waals surface area contributed by atoms with E-state index in [0.717, 1.165) is 6.42 Å². The molecular formula is C10H14O3. The summed E-state index contributed by atoms with van der Waals surface area (Å²) in [7, 11) is 0. The van der Waals surface area contributed by atoms with Gasteiger partial charge in [-0.15, -0.1) is 6.42 Å². The van der Waals surface area contributed by atoms with Gasteiger partial charge in [-0.25, -0.2) is 0 Å². The summed E-state index contributed by atoms with van der Waals surface area (Å²) >= 11 is 0. The van der Waals surface area contributed by atoms with Crippen LogP contribution >= 0.6 is 0 Å². The molecule has 1 rings (SSSR count). The second-order valence-electron chi connectivity index (χ2n) is 3.26. The van der Waals surface area contributed by atoms with Crippen LogP contribution in [0.5, 0.6) is 0 Å². The van der Waals surface area contributed by atoms with Crippen LogP contribution in [0.2, 0.25) is 0 Å². The van der Waals surface area contributed by atoms with Crippen LogP contribution in [0.1, 0.15) is 13.3 Å². The lowest BCUT2D eigenvalue weighted by molar-refractivity contribution is -0.153. The zero-order valence-corrected chi connectivity index (χ0v) is 7.79. The van der Waals surface area contributed by atoms with Crippen LogP contribution < -0.4 is 0 Å². The lowest BCUT2D eigenvalue weighted by Crippen LogP contribution is -2.32. The van der Waals surface area contributed by atoms with Crippen molar-refractivity contribution in [3.8, 4) is 12.3 Å². The van der Waals surface area contributed by atoms with Crippen molar-refractivity contribution in [2.75, 3.05) is 19.8 Å². The SMILES string of the molecule is C#CCOC(=O)C1CCOCC1C. The fraction of sp³-hybridized carbons (Fsp3) is 0.700. The van der Waals surface area contributed by atoms with Crippen LogP contribution in [0, 0.1) is 24.2 Å². The maximum absolute atomic E-state index is 11.4. The van der Waals surface area contributed by atoms with Gasteiger partial charge < -0.3 is 9.47 Å². The van der Waals surface area contributed by atoms with Crippen LogP contribution in [0.25, 0.3) is 0 Å². The Bertz CT molecular complexity index is 217. The summed E-state index contributed by atoms with van der Waals surface area (Å²) in [4.78, 5) is 11.4. The highest BCUT2D eigenvalue weighted by molar-refractivity contribution is 5.73. The molecule has 0 aromatic heterocycles. The first-order valence-electron chi connectivity index (χ1n) is 4.43. The largest absolute Gasteiger partial charge is 0.452 e. The summed E-state index contributed by atoms with van der Waals surface area (Å²) in [5.74, 6) is 2.29. The number of hydrogen-bond donors (Lipinski definition) is 0. The number of ether oxygens (including phenoxy) is 2. The first kappa shape index (κ1) is 10.1. The van der Waals surface area contributed by atoms with Crippen molar-refractivity contribution in [1.29, 1.82) is 0 Å². The normalized spacial score (nSPS) is 27.7. The lowest BCUT2D eigenvalue weighted by Gasteiger charge is -2.26. The minimum absolute atomic E-state index is 0.0397. The van der Waals surface area contributed by atoms with Gasteiger partial charge in [-0.1, -0.05) is 12.8 Å². The molecule has 0 spiro atoms. The molecule has 13 heavy (non-hydrogen) atoms. The number of carbonyl (C=O) groups is 1. The Morgan fingerprint density at radius 2 is 2.54 bits per heavy atom. The van der Waals surface area contributed by atoms with Crippen molar-refractivity contribution in [3.63, 3.8) is 0 Å². The van der Waals surface area contributed by atoms with E-state index in [1.807, 2.05) is 6.92 Å². The van der Waals surface area contributed by atoms with E-state index >= 15 is 0 Å². The zero-order chi connectivity index (χ0) is 9.68. The number of carbonyl (C=O) groups excluding carboxylic acids is 1. The van der Waals surface area contributed by atoms with E-state index in [4.69, 9.17) is 15.9 Å². The predicted octanol–water partition coefficient (Wildman–Crippen LogP) is 0.835. The van der Waals surface area contributed by atoms with Crippen LogP contribution in [0.15, 0.2) is 0 Å². The van der Waals surface area contributed by atoms with Crippen molar-refractivity contribution < 1.29 is 14.3 Å². The van der Waals surface area contributed by atoms with Gasteiger partial charge in [0.25, 0.3) is 0 Å². The third kappa shape index (κ3) is 2.74. The molecule has 2 unspecified atom stereocenters. The quantitative estimate of drug-likeness (QED) is 0.469. The molecule has 0 N–H and O–H groups in total. The smallest absolute Gasteiger partial charge is 0.310 e. The first-order chi connectivity index (χ1) is 6.25. The number of hydrogen-bond acceptors (Lipinski definition) is 3. The molecule has 3 heteroatoms. The summed E-state index contributed by atoms with van der Waals surface area (Å²) < 4.78 is 10.1. The average Bonchev–Trinajstić information content (AvgIpc) is 2.15. The maximum atomic E-state index is 11.4. The highest BCUT2D eigenvalue weighted by Gasteiger charge is 2.29. The highest BCUT2D eigenvalue weighted by Crippen LogP contribution is 2.22. The Hall–Kier alpha value is -1.01. The van der Waals surface area contributed by atoms with Crippen LogP contribution in [-0.2, 0) is 14.3 Å². The third-order valence-electron chi connectivity index (χ3n) is 2.24. The second-order valence-corrected chi connectivity index (χ2v) is 3.26. The molecule has 1 heterocycles. The number of esters is 1. The third-order valence-corrected chi connectivity index (χ3v) is 2.24. The van der Waals surface area contributed by atoms with E-state index in [-0.39, 0.29) is 24.4 Å². The van der Waals surface area contributed by atoms with Gasteiger partial charge in [0.1, 0.15) is 0 Å². The molecule has 3 nitrogen and oxygen atoms in total. The topological polar surface area (TPSA) is 35.5 Å². The number of terminal acetylenes is 1.